The molecule has 1 aromatic heterocycles. The van der Waals surface area contributed by atoms with Gasteiger partial charge in [-0.3, -0.25) is 4.79 Å². The van der Waals surface area contributed by atoms with E-state index in [1.54, 1.807) is 13.2 Å². The van der Waals surface area contributed by atoms with Crippen LogP contribution in [0.2, 0.25) is 0 Å². The monoisotopic (exact) mass is 415 g/mol. The fraction of sp³-hybridized carbons (Fsp3) is 0.208. The van der Waals surface area contributed by atoms with Gasteiger partial charge in [0, 0.05) is 17.8 Å². The number of amides is 1. The van der Waals surface area contributed by atoms with Crippen LogP contribution in [0.5, 0.6) is 5.75 Å². The standard InChI is InChI=1S/C24H21N3O2S/c1-16(24(28)27-14-13-18-5-3-4-6-22(18)27)30-23-19(15-25)9-12-21(26-23)17-7-10-20(29-2)11-8-17/h3-12,16H,13-14H2,1-2H3. The summed E-state index contributed by atoms with van der Waals surface area (Å²) in [5.74, 6) is 0.803. The van der Waals surface area contributed by atoms with Crippen LogP contribution in [0.15, 0.2) is 65.7 Å². The smallest absolute Gasteiger partial charge is 0.240 e. The van der Waals surface area contributed by atoms with Crippen molar-refractivity contribution >= 4 is 23.4 Å². The molecule has 1 aliphatic rings. The van der Waals surface area contributed by atoms with Crippen LogP contribution in [-0.4, -0.2) is 29.8 Å². The number of pyridine rings is 1. The fourth-order valence-electron chi connectivity index (χ4n) is 3.54. The van der Waals surface area contributed by atoms with Crippen molar-refractivity contribution in [2.24, 2.45) is 0 Å². The zero-order chi connectivity index (χ0) is 21.1. The van der Waals surface area contributed by atoms with Crippen molar-refractivity contribution in [2.45, 2.75) is 23.6 Å². The maximum Gasteiger partial charge on any atom is 0.240 e. The lowest BCUT2D eigenvalue weighted by atomic mass is 10.1. The van der Waals surface area contributed by atoms with Crippen molar-refractivity contribution in [3.05, 3.63) is 71.8 Å². The van der Waals surface area contributed by atoms with Gasteiger partial charge in [0.1, 0.15) is 16.8 Å². The molecule has 2 aromatic carbocycles. The second kappa shape index (κ2) is 8.60. The Labute approximate surface area is 180 Å². The minimum atomic E-state index is -0.359. The highest BCUT2D eigenvalue weighted by atomic mass is 32.2. The van der Waals surface area contributed by atoms with Gasteiger partial charge in [0.15, 0.2) is 0 Å². The zero-order valence-corrected chi connectivity index (χ0v) is 17.6. The highest BCUT2D eigenvalue weighted by Gasteiger charge is 2.29. The van der Waals surface area contributed by atoms with Crippen LogP contribution in [0.3, 0.4) is 0 Å². The lowest BCUT2D eigenvalue weighted by Gasteiger charge is -2.21. The van der Waals surface area contributed by atoms with Gasteiger partial charge in [-0.05, 0) is 61.4 Å². The van der Waals surface area contributed by atoms with Crippen molar-refractivity contribution in [3.63, 3.8) is 0 Å². The average molecular weight is 416 g/mol. The molecule has 0 saturated heterocycles. The number of nitriles is 1. The fourth-order valence-corrected chi connectivity index (χ4v) is 4.50. The number of rotatable bonds is 5. The number of carbonyl (C=O) groups is 1. The summed E-state index contributed by atoms with van der Waals surface area (Å²) in [7, 11) is 1.63. The molecule has 150 valence electrons. The number of ether oxygens (including phenoxy) is 1. The van der Waals surface area contributed by atoms with Gasteiger partial charge in [-0.15, -0.1) is 0 Å². The molecular weight excluding hydrogens is 394 g/mol. The van der Waals surface area contributed by atoms with Crippen molar-refractivity contribution in [1.82, 2.24) is 4.98 Å². The van der Waals surface area contributed by atoms with E-state index in [0.717, 1.165) is 29.1 Å². The van der Waals surface area contributed by atoms with Crippen molar-refractivity contribution < 1.29 is 9.53 Å². The Bertz CT molecular complexity index is 1120. The van der Waals surface area contributed by atoms with E-state index in [1.165, 1.54) is 17.3 Å². The molecule has 0 N–H and O–H groups in total. The molecule has 0 fully saturated rings. The lowest BCUT2D eigenvalue weighted by molar-refractivity contribution is -0.117. The number of methoxy groups -OCH3 is 1. The second-order valence-electron chi connectivity index (χ2n) is 7.02. The van der Waals surface area contributed by atoms with Gasteiger partial charge in [-0.1, -0.05) is 30.0 Å². The maximum absolute atomic E-state index is 13.1. The number of para-hydroxylation sites is 1. The van der Waals surface area contributed by atoms with Gasteiger partial charge in [0.05, 0.1) is 23.6 Å². The number of aromatic nitrogens is 1. The summed E-state index contributed by atoms with van der Waals surface area (Å²) in [6, 6.07) is 21.4. The lowest BCUT2D eigenvalue weighted by Crippen LogP contribution is -2.35. The Morgan fingerprint density at radius 2 is 1.93 bits per heavy atom. The predicted molar refractivity (Wildman–Crippen MR) is 119 cm³/mol. The Hall–Kier alpha value is -3.30. The van der Waals surface area contributed by atoms with Crippen LogP contribution in [0.25, 0.3) is 11.3 Å². The average Bonchev–Trinajstić information content (AvgIpc) is 3.22. The van der Waals surface area contributed by atoms with Crippen LogP contribution < -0.4 is 9.64 Å². The quantitative estimate of drug-likeness (QED) is 0.565. The number of anilines is 1. The summed E-state index contributed by atoms with van der Waals surface area (Å²) < 4.78 is 5.21. The van der Waals surface area contributed by atoms with Gasteiger partial charge < -0.3 is 9.64 Å². The second-order valence-corrected chi connectivity index (χ2v) is 8.35. The van der Waals surface area contributed by atoms with E-state index in [1.807, 2.05) is 60.4 Å². The molecule has 0 saturated carbocycles. The minimum absolute atomic E-state index is 0.0329. The topological polar surface area (TPSA) is 66.2 Å². The molecule has 1 atom stereocenters. The first-order chi connectivity index (χ1) is 14.6. The minimum Gasteiger partial charge on any atom is -0.497 e. The van der Waals surface area contributed by atoms with E-state index < -0.39 is 0 Å². The van der Waals surface area contributed by atoms with Crippen molar-refractivity contribution in [2.75, 3.05) is 18.6 Å². The molecular formula is C24H21N3O2S. The van der Waals surface area contributed by atoms with Gasteiger partial charge in [-0.25, -0.2) is 4.98 Å². The molecule has 0 bridgehead atoms. The molecule has 30 heavy (non-hydrogen) atoms. The molecule has 4 rings (SSSR count). The molecule has 1 unspecified atom stereocenters. The van der Waals surface area contributed by atoms with E-state index in [-0.39, 0.29) is 11.2 Å². The normalized spacial score (nSPS) is 13.4. The summed E-state index contributed by atoms with van der Waals surface area (Å²) in [5.41, 5.74) is 4.33. The van der Waals surface area contributed by atoms with Gasteiger partial charge in [-0.2, -0.15) is 5.26 Å². The van der Waals surface area contributed by atoms with Crippen molar-refractivity contribution in [3.8, 4) is 23.1 Å². The Morgan fingerprint density at radius 3 is 2.67 bits per heavy atom. The zero-order valence-electron chi connectivity index (χ0n) is 16.8. The van der Waals surface area contributed by atoms with Crippen LogP contribution >= 0.6 is 11.8 Å². The van der Waals surface area contributed by atoms with Crippen LogP contribution in [0, 0.1) is 11.3 Å². The van der Waals surface area contributed by atoms with Crippen LogP contribution in [-0.2, 0) is 11.2 Å². The molecule has 2 heterocycles. The van der Waals surface area contributed by atoms with Gasteiger partial charge in [0.2, 0.25) is 5.91 Å². The van der Waals surface area contributed by atoms with Gasteiger partial charge >= 0.3 is 0 Å². The predicted octanol–water partition coefficient (Wildman–Crippen LogP) is 4.70. The highest BCUT2D eigenvalue weighted by molar-refractivity contribution is 8.00. The molecule has 0 aliphatic carbocycles. The number of thioether (sulfide) groups is 1. The number of carbonyl (C=O) groups excluding carboxylic acids is 1. The van der Waals surface area contributed by atoms with E-state index in [4.69, 9.17) is 9.72 Å². The molecule has 1 aliphatic heterocycles. The van der Waals surface area contributed by atoms with E-state index in [9.17, 15) is 10.1 Å². The molecule has 1 amide bonds. The molecule has 3 aromatic rings. The third kappa shape index (κ3) is 3.89. The van der Waals surface area contributed by atoms with Crippen LogP contribution in [0.4, 0.5) is 5.69 Å². The molecule has 5 nitrogen and oxygen atoms in total. The molecule has 6 heteroatoms. The summed E-state index contributed by atoms with van der Waals surface area (Å²) in [4.78, 5) is 19.6. The summed E-state index contributed by atoms with van der Waals surface area (Å²) in [5, 5.41) is 9.74. The summed E-state index contributed by atoms with van der Waals surface area (Å²) in [6.07, 6.45) is 0.869. The first-order valence-electron chi connectivity index (χ1n) is 9.72. The number of hydrogen-bond acceptors (Lipinski definition) is 5. The first-order valence-corrected chi connectivity index (χ1v) is 10.6. The number of fused-ring (bicyclic) bond motifs is 1. The van der Waals surface area contributed by atoms with E-state index in [0.29, 0.717) is 17.1 Å². The van der Waals surface area contributed by atoms with E-state index >= 15 is 0 Å². The maximum atomic E-state index is 13.1. The Balaban J connectivity index is 1.57. The summed E-state index contributed by atoms with van der Waals surface area (Å²) >= 11 is 1.33. The highest BCUT2D eigenvalue weighted by Crippen LogP contribution is 2.33. The van der Waals surface area contributed by atoms with E-state index in [2.05, 4.69) is 12.1 Å². The molecule has 0 spiro atoms. The Kier molecular flexibility index (Phi) is 5.73. The number of hydrogen-bond donors (Lipinski definition) is 0. The molecule has 0 radical (unpaired) electrons. The SMILES string of the molecule is COc1ccc(-c2ccc(C#N)c(SC(C)C(=O)N3CCc4ccccc43)n2)cc1. The first kappa shape index (κ1) is 20.0. The largest absolute Gasteiger partial charge is 0.497 e. The number of nitrogens with zero attached hydrogens (tertiary/aromatic N) is 3. The third-order valence-electron chi connectivity index (χ3n) is 5.16. The van der Waals surface area contributed by atoms with Gasteiger partial charge in [0.25, 0.3) is 0 Å². The number of benzene rings is 2. The van der Waals surface area contributed by atoms with Crippen molar-refractivity contribution in [1.29, 1.82) is 5.26 Å². The Morgan fingerprint density at radius 1 is 1.17 bits per heavy atom. The third-order valence-corrected chi connectivity index (χ3v) is 6.25. The summed E-state index contributed by atoms with van der Waals surface area (Å²) in [6.45, 7) is 2.56. The van der Waals surface area contributed by atoms with Crippen LogP contribution in [0.1, 0.15) is 18.1 Å².